The maximum atomic E-state index is 13.1. The Morgan fingerprint density at radius 1 is 0.400 bits per heavy atom. The standard InChI is InChI=1S/C79H147NO10/c1-3-5-7-9-11-13-15-46-49-53-57-61-65-72(82)71(70-89-79-78(87)77(86)76(85)73(69-81)90-79)80-74(83)66-62-58-54-50-47-43-41-39-37-35-33-31-29-27-25-23-21-19-17-16-18-20-22-24-26-28-30-32-34-36-38-40-42-44-48-52-56-60-64-68-88-75(84)67-63-59-55-51-45-14-12-10-8-6-4-2/h9,11,16-17,46,49,61,65,71-73,76-79,81-82,85-87H,3-8,10,12-15,18-45,47-48,50-60,62-64,66-70H2,1-2H3,(H,80,83)/b11-9+,17-16-,49-46+,65-61+. The molecule has 1 aliphatic heterocycles. The Kier molecular flexibility index (Phi) is 64.7. The van der Waals surface area contributed by atoms with Crippen LogP contribution in [0.25, 0.3) is 0 Å². The molecule has 0 aromatic heterocycles. The molecule has 1 saturated heterocycles. The Morgan fingerprint density at radius 3 is 1.13 bits per heavy atom. The number of amides is 1. The number of carbonyl (C=O) groups is 2. The number of aliphatic hydroxyl groups excluding tert-OH is 5. The van der Waals surface area contributed by atoms with Crippen molar-refractivity contribution in [1.29, 1.82) is 0 Å². The molecule has 7 atom stereocenters. The first-order valence-corrected chi connectivity index (χ1v) is 38.9. The number of rotatable bonds is 69. The number of carbonyl (C=O) groups excluding carboxylic acids is 2. The number of allylic oxidation sites excluding steroid dienone is 7. The molecule has 6 N–H and O–H groups in total. The van der Waals surface area contributed by atoms with Gasteiger partial charge in [-0.3, -0.25) is 9.59 Å². The minimum atomic E-state index is -1.58. The summed E-state index contributed by atoms with van der Waals surface area (Å²) in [6.45, 7) is 4.31. The molecule has 1 heterocycles. The van der Waals surface area contributed by atoms with E-state index in [0.717, 1.165) is 64.2 Å². The fourth-order valence-electron chi connectivity index (χ4n) is 12.3. The van der Waals surface area contributed by atoms with Crippen LogP contribution in [0.15, 0.2) is 48.6 Å². The van der Waals surface area contributed by atoms with E-state index in [2.05, 4.69) is 55.6 Å². The van der Waals surface area contributed by atoms with Crippen LogP contribution < -0.4 is 5.32 Å². The van der Waals surface area contributed by atoms with Gasteiger partial charge in [0.15, 0.2) is 6.29 Å². The van der Waals surface area contributed by atoms with Gasteiger partial charge in [0.1, 0.15) is 24.4 Å². The average molecular weight is 1270 g/mol. The molecule has 1 amide bonds. The molecular weight excluding hydrogens is 1120 g/mol. The fraction of sp³-hybridized carbons (Fsp3) is 0.873. The van der Waals surface area contributed by atoms with Crippen molar-refractivity contribution in [2.75, 3.05) is 19.8 Å². The highest BCUT2D eigenvalue weighted by Crippen LogP contribution is 2.24. The van der Waals surface area contributed by atoms with Crippen LogP contribution in [0.5, 0.6) is 0 Å². The lowest BCUT2D eigenvalue weighted by Gasteiger charge is -2.40. The van der Waals surface area contributed by atoms with Crippen molar-refractivity contribution in [3.05, 3.63) is 48.6 Å². The lowest BCUT2D eigenvalue weighted by Crippen LogP contribution is -2.60. The minimum absolute atomic E-state index is 0.0165. The van der Waals surface area contributed by atoms with Crippen molar-refractivity contribution in [1.82, 2.24) is 5.32 Å². The zero-order chi connectivity index (χ0) is 65.1. The number of hydrogen-bond acceptors (Lipinski definition) is 10. The molecule has 7 unspecified atom stereocenters. The summed E-state index contributed by atoms with van der Waals surface area (Å²) in [6, 6.07) is -0.831. The quantitative estimate of drug-likeness (QED) is 0.0195. The maximum absolute atomic E-state index is 13.1. The van der Waals surface area contributed by atoms with E-state index in [4.69, 9.17) is 14.2 Å². The first-order valence-electron chi connectivity index (χ1n) is 38.9. The average Bonchev–Trinajstić information content (AvgIpc) is 1.01. The summed E-state index contributed by atoms with van der Waals surface area (Å²) in [5.74, 6) is -0.175. The predicted molar refractivity (Wildman–Crippen MR) is 380 cm³/mol. The Labute approximate surface area is 555 Å². The largest absolute Gasteiger partial charge is 0.466 e. The third kappa shape index (κ3) is 56.0. The smallest absolute Gasteiger partial charge is 0.305 e. The molecule has 0 aliphatic carbocycles. The zero-order valence-electron chi connectivity index (χ0n) is 58.9. The van der Waals surface area contributed by atoms with Gasteiger partial charge in [0, 0.05) is 12.8 Å². The third-order valence-electron chi connectivity index (χ3n) is 18.4. The van der Waals surface area contributed by atoms with E-state index in [-0.39, 0.29) is 18.5 Å². The van der Waals surface area contributed by atoms with Gasteiger partial charge in [-0.05, 0) is 77.0 Å². The van der Waals surface area contributed by atoms with E-state index in [1.807, 2.05) is 6.08 Å². The molecule has 0 radical (unpaired) electrons. The molecule has 0 spiro atoms. The normalized spacial score (nSPS) is 17.9. The van der Waals surface area contributed by atoms with Gasteiger partial charge in [-0.1, -0.05) is 339 Å². The van der Waals surface area contributed by atoms with Crippen LogP contribution >= 0.6 is 0 Å². The van der Waals surface area contributed by atoms with Crippen LogP contribution in [0.2, 0.25) is 0 Å². The summed E-state index contributed by atoms with van der Waals surface area (Å²) in [5, 5.41) is 54.4. The molecule has 0 aromatic rings. The van der Waals surface area contributed by atoms with Crippen LogP contribution in [0.4, 0.5) is 0 Å². The monoisotopic (exact) mass is 1270 g/mol. The van der Waals surface area contributed by atoms with Crippen LogP contribution in [0.1, 0.15) is 380 Å². The van der Waals surface area contributed by atoms with Gasteiger partial charge in [0.05, 0.1) is 32.0 Å². The Balaban J connectivity index is 1.90. The molecule has 0 aromatic carbocycles. The van der Waals surface area contributed by atoms with Gasteiger partial charge in [-0.15, -0.1) is 0 Å². The first kappa shape index (κ1) is 85.6. The predicted octanol–water partition coefficient (Wildman–Crippen LogP) is 20.7. The SMILES string of the molecule is CCCC/C=C/CC/C=C/CC/C=C/C(O)C(COC1OC(CO)C(O)C(O)C1O)NC(=O)CCCCCCCCCCCCCCCCCCC/C=C\CCCCCCCCCCCCCCCCCCCCOC(=O)CCCCCCCCCCCCC. The Bertz CT molecular complexity index is 1630. The number of unbranched alkanes of at least 4 members (excludes halogenated alkanes) is 49. The topological polar surface area (TPSA) is 175 Å². The van der Waals surface area contributed by atoms with Crippen LogP contribution in [0.3, 0.4) is 0 Å². The lowest BCUT2D eigenvalue weighted by molar-refractivity contribution is -0.302. The second-order valence-electron chi connectivity index (χ2n) is 27.0. The number of ether oxygens (including phenoxy) is 3. The number of nitrogens with one attached hydrogen (secondary N) is 1. The summed E-state index contributed by atoms with van der Waals surface area (Å²) in [6.07, 6.45) is 80.1. The third-order valence-corrected chi connectivity index (χ3v) is 18.4. The van der Waals surface area contributed by atoms with Crippen molar-refractivity contribution in [2.45, 2.75) is 423 Å². The van der Waals surface area contributed by atoms with E-state index >= 15 is 0 Å². The van der Waals surface area contributed by atoms with Gasteiger partial charge >= 0.3 is 5.97 Å². The first-order chi connectivity index (χ1) is 44.2. The maximum Gasteiger partial charge on any atom is 0.305 e. The number of hydrogen-bond donors (Lipinski definition) is 6. The molecule has 90 heavy (non-hydrogen) atoms. The second kappa shape index (κ2) is 68.0. The lowest BCUT2D eigenvalue weighted by atomic mass is 9.99. The number of aliphatic hydroxyl groups is 5. The molecule has 528 valence electrons. The Morgan fingerprint density at radius 2 is 0.733 bits per heavy atom. The van der Waals surface area contributed by atoms with Crippen molar-refractivity contribution in [3.63, 3.8) is 0 Å². The summed E-state index contributed by atoms with van der Waals surface area (Å²) < 4.78 is 16.7. The van der Waals surface area contributed by atoms with Gasteiger partial charge in [-0.25, -0.2) is 0 Å². The van der Waals surface area contributed by atoms with Crippen molar-refractivity contribution in [3.8, 4) is 0 Å². The van der Waals surface area contributed by atoms with Crippen LogP contribution in [0, 0.1) is 0 Å². The molecule has 11 nitrogen and oxygen atoms in total. The molecule has 1 aliphatic rings. The van der Waals surface area contributed by atoms with Gasteiger partial charge in [0.2, 0.25) is 5.91 Å². The molecule has 1 rings (SSSR count). The highest BCUT2D eigenvalue weighted by atomic mass is 16.7. The Hall–Kier alpha value is -2.38. The van der Waals surface area contributed by atoms with E-state index in [9.17, 15) is 35.1 Å². The second-order valence-corrected chi connectivity index (χ2v) is 27.0. The van der Waals surface area contributed by atoms with Gasteiger partial charge in [0.25, 0.3) is 0 Å². The molecular formula is C79H147NO10. The molecule has 1 fully saturated rings. The molecule has 11 heteroatoms. The van der Waals surface area contributed by atoms with E-state index in [0.29, 0.717) is 19.4 Å². The minimum Gasteiger partial charge on any atom is -0.466 e. The van der Waals surface area contributed by atoms with Gasteiger partial charge in [-0.2, -0.15) is 0 Å². The number of esters is 1. The fourth-order valence-corrected chi connectivity index (χ4v) is 12.3. The van der Waals surface area contributed by atoms with Crippen molar-refractivity contribution < 1.29 is 49.3 Å². The molecule has 0 saturated carbocycles. The van der Waals surface area contributed by atoms with E-state index in [1.165, 1.54) is 289 Å². The highest BCUT2D eigenvalue weighted by Gasteiger charge is 2.44. The zero-order valence-corrected chi connectivity index (χ0v) is 58.9. The van der Waals surface area contributed by atoms with Crippen LogP contribution in [-0.2, 0) is 23.8 Å². The summed E-state index contributed by atoms with van der Waals surface area (Å²) in [5.41, 5.74) is 0. The summed E-state index contributed by atoms with van der Waals surface area (Å²) >= 11 is 0. The van der Waals surface area contributed by atoms with E-state index < -0.39 is 49.5 Å². The van der Waals surface area contributed by atoms with Crippen molar-refractivity contribution >= 4 is 11.9 Å². The van der Waals surface area contributed by atoms with Gasteiger partial charge < -0.3 is 45.1 Å². The van der Waals surface area contributed by atoms with Crippen LogP contribution in [-0.4, -0.2) is 100 Å². The summed E-state index contributed by atoms with van der Waals surface area (Å²) in [4.78, 5) is 25.1. The van der Waals surface area contributed by atoms with Crippen molar-refractivity contribution in [2.24, 2.45) is 0 Å². The molecule has 0 bridgehead atoms. The highest BCUT2D eigenvalue weighted by molar-refractivity contribution is 5.76. The summed E-state index contributed by atoms with van der Waals surface area (Å²) in [7, 11) is 0. The van der Waals surface area contributed by atoms with E-state index in [1.54, 1.807) is 6.08 Å².